The molecule has 1 unspecified atom stereocenters. The van der Waals surface area contributed by atoms with Crippen LogP contribution in [0.1, 0.15) is 36.7 Å². The molecule has 19 heavy (non-hydrogen) atoms. The molecule has 3 nitrogen and oxygen atoms in total. The van der Waals surface area contributed by atoms with Gasteiger partial charge in [0.1, 0.15) is 0 Å². The summed E-state index contributed by atoms with van der Waals surface area (Å²) in [4.78, 5) is 12.2. The summed E-state index contributed by atoms with van der Waals surface area (Å²) in [6, 6.07) is 5.24. The van der Waals surface area contributed by atoms with Gasteiger partial charge >= 0.3 is 0 Å². The molecular weight excluding hydrogens is 283 g/mol. The third-order valence-corrected chi connectivity index (χ3v) is 3.77. The molecule has 1 rings (SSSR count). The number of amides is 1. The zero-order valence-corrected chi connectivity index (χ0v) is 13.4. The van der Waals surface area contributed by atoms with Gasteiger partial charge in [0, 0.05) is 17.1 Å². The molecule has 1 aromatic carbocycles. The number of carbonyl (C=O) groups excluding carboxylic acids is 1. The summed E-state index contributed by atoms with van der Waals surface area (Å²) in [5.41, 5.74) is 6.86. The van der Waals surface area contributed by atoms with Gasteiger partial charge in [-0.05, 0) is 43.5 Å². The summed E-state index contributed by atoms with van der Waals surface area (Å²) in [6.07, 6.45) is 0. The molecule has 1 amide bonds. The Bertz CT molecular complexity index is 449. The molecule has 0 saturated carbocycles. The Morgan fingerprint density at radius 1 is 1.47 bits per heavy atom. The molecule has 1 aromatic rings. The molecule has 3 N–H and O–H groups in total. The fourth-order valence-corrected chi connectivity index (χ4v) is 1.87. The third kappa shape index (κ3) is 4.37. The smallest absolute Gasteiger partial charge is 0.252 e. The highest BCUT2D eigenvalue weighted by molar-refractivity contribution is 6.30. The van der Waals surface area contributed by atoms with E-state index in [0.29, 0.717) is 17.1 Å². The van der Waals surface area contributed by atoms with E-state index in [1.54, 1.807) is 18.2 Å². The van der Waals surface area contributed by atoms with Crippen molar-refractivity contribution in [2.75, 3.05) is 6.54 Å². The maximum absolute atomic E-state index is 12.2. The van der Waals surface area contributed by atoms with Gasteiger partial charge in [-0.15, -0.1) is 12.4 Å². The quantitative estimate of drug-likeness (QED) is 0.897. The highest BCUT2D eigenvalue weighted by Crippen LogP contribution is 2.19. The molecule has 0 spiro atoms. The summed E-state index contributed by atoms with van der Waals surface area (Å²) < 4.78 is 0. The fourth-order valence-electron chi connectivity index (χ4n) is 1.64. The number of hydrogen-bond donors (Lipinski definition) is 2. The maximum Gasteiger partial charge on any atom is 0.252 e. The van der Waals surface area contributed by atoms with Crippen LogP contribution in [0.3, 0.4) is 0 Å². The van der Waals surface area contributed by atoms with E-state index in [2.05, 4.69) is 5.32 Å². The van der Waals surface area contributed by atoms with Crippen LogP contribution in [0.2, 0.25) is 5.02 Å². The first kappa shape index (κ1) is 18.2. The predicted octanol–water partition coefficient (Wildman–Crippen LogP) is 3.17. The van der Waals surface area contributed by atoms with Gasteiger partial charge in [0.05, 0.1) is 5.54 Å². The average molecular weight is 305 g/mol. The topological polar surface area (TPSA) is 55.1 Å². The highest BCUT2D eigenvalue weighted by atomic mass is 35.5. The molecule has 1 atom stereocenters. The van der Waals surface area contributed by atoms with E-state index >= 15 is 0 Å². The lowest BCUT2D eigenvalue weighted by molar-refractivity contribution is 0.0882. The minimum atomic E-state index is -0.400. The summed E-state index contributed by atoms with van der Waals surface area (Å²) in [7, 11) is 0. The number of hydrogen-bond acceptors (Lipinski definition) is 2. The molecule has 5 heteroatoms. The van der Waals surface area contributed by atoms with Crippen LogP contribution in [0.5, 0.6) is 0 Å². The Hall–Kier alpha value is -0.770. The molecule has 0 aliphatic heterocycles. The number of nitrogens with one attached hydrogen (secondary N) is 1. The predicted molar refractivity (Wildman–Crippen MR) is 83.2 cm³/mol. The monoisotopic (exact) mass is 304 g/mol. The van der Waals surface area contributed by atoms with Gasteiger partial charge in [-0.2, -0.15) is 0 Å². The van der Waals surface area contributed by atoms with Gasteiger partial charge < -0.3 is 11.1 Å². The number of benzene rings is 1. The van der Waals surface area contributed by atoms with E-state index in [1.807, 2.05) is 27.7 Å². The minimum absolute atomic E-state index is 0. The van der Waals surface area contributed by atoms with E-state index in [1.165, 1.54) is 0 Å². The van der Waals surface area contributed by atoms with Crippen LogP contribution in [0.15, 0.2) is 18.2 Å². The fraction of sp³-hybridized carbons (Fsp3) is 0.500. The Morgan fingerprint density at radius 3 is 2.47 bits per heavy atom. The molecule has 0 bridgehead atoms. The van der Waals surface area contributed by atoms with Gasteiger partial charge in [-0.25, -0.2) is 0 Å². The Kier molecular flexibility index (Phi) is 6.84. The number of rotatable bonds is 4. The van der Waals surface area contributed by atoms with E-state index in [4.69, 9.17) is 17.3 Å². The Labute approximate surface area is 126 Å². The molecule has 0 aliphatic carbocycles. The lowest BCUT2D eigenvalue weighted by Crippen LogP contribution is -2.55. The Balaban J connectivity index is 0.00000324. The van der Waals surface area contributed by atoms with Crippen LogP contribution in [-0.2, 0) is 0 Å². The molecule has 0 saturated heterocycles. The van der Waals surface area contributed by atoms with E-state index < -0.39 is 5.54 Å². The van der Waals surface area contributed by atoms with Crippen molar-refractivity contribution in [2.45, 2.75) is 33.2 Å². The second-order valence-electron chi connectivity index (χ2n) is 5.19. The van der Waals surface area contributed by atoms with Gasteiger partial charge in [0.15, 0.2) is 0 Å². The molecular formula is C14H22Cl2N2O. The molecule has 0 radical (unpaired) electrons. The van der Waals surface area contributed by atoms with Crippen molar-refractivity contribution in [3.63, 3.8) is 0 Å². The van der Waals surface area contributed by atoms with Crippen molar-refractivity contribution >= 4 is 29.9 Å². The van der Waals surface area contributed by atoms with Crippen molar-refractivity contribution in [3.8, 4) is 0 Å². The first-order valence-corrected chi connectivity index (χ1v) is 6.46. The van der Waals surface area contributed by atoms with Crippen LogP contribution in [0, 0.1) is 12.8 Å². The van der Waals surface area contributed by atoms with E-state index in [-0.39, 0.29) is 24.2 Å². The zero-order valence-electron chi connectivity index (χ0n) is 11.8. The SMILES string of the molecule is Cc1cc(Cl)ccc1C(=O)NC(C)(CN)C(C)C.Cl. The summed E-state index contributed by atoms with van der Waals surface area (Å²) in [6.45, 7) is 8.32. The van der Waals surface area contributed by atoms with Crippen LogP contribution in [0.4, 0.5) is 0 Å². The standard InChI is InChI=1S/C14H21ClN2O.ClH/c1-9(2)14(4,8-16)17-13(18)12-6-5-11(15)7-10(12)3;/h5-7,9H,8,16H2,1-4H3,(H,17,18);1H. The maximum atomic E-state index is 12.2. The van der Waals surface area contributed by atoms with E-state index in [0.717, 1.165) is 5.56 Å². The zero-order chi connectivity index (χ0) is 13.9. The molecule has 0 heterocycles. The van der Waals surface area contributed by atoms with Crippen molar-refractivity contribution in [1.29, 1.82) is 0 Å². The van der Waals surface area contributed by atoms with Gasteiger partial charge in [-0.1, -0.05) is 25.4 Å². The average Bonchev–Trinajstić information content (AvgIpc) is 2.28. The van der Waals surface area contributed by atoms with Crippen molar-refractivity contribution in [2.24, 2.45) is 11.7 Å². The van der Waals surface area contributed by atoms with Crippen molar-refractivity contribution in [1.82, 2.24) is 5.32 Å². The van der Waals surface area contributed by atoms with E-state index in [9.17, 15) is 4.79 Å². The molecule has 108 valence electrons. The number of nitrogens with two attached hydrogens (primary N) is 1. The normalized spacial score (nSPS) is 13.6. The number of aryl methyl sites for hydroxylation is 1. The summed E-state index contributed by atoms with van der Waals surface area (Å²) in [5.74, 6) is 0.157. The molecule has 0 fully saturated rings. The molecule has 0 aromatic heterocycles. The first-order valence-electron chi connectivity index (χ1n) is 6.09. The number of carbonyl (C=O) groups is 1. The van der Waals surface area contributed by atoms with Gasteiger partial charge in [0.25, 0.3) is 5.91 Å². The number of halogens is 2. The highest BCUT2D eigenvalue weighted by Gasteiger charge is 2.29. The van der Waals surface area contributed by atoms with Crippen LogP contribution >= 0.6 is 24.0 Å². The van der Waals surface area contributed by atoms with Crippen molar-refractivity contribution in [3.05, 3.63) is 34.3 Å². The Morgan fingerprint density at radius 2 is 2.05 bits per heavy atom. The van der Waals surface area contributed by atoms with Gasteiger partial charge in [0.2, 0.25) is 0 Å². The summed E-state index contributed by atoms with van der Waals surface area (Å²) >= 11 is 5.88. The lowest BCUT2D eigenvalue weighted by atomic mass is 9.88. The summed E-state index contributed by atoms with van der Waals surface area (Å²) in [5, 5.41) is 3.65. The van der Waals surface area contributed by atoms with Crippen LogP contribution < -0.4 is 11.1 Å². The largest absolute Gasteiger partial charge is 0.345 e. The second-order valence-corrected chi connectivity index (χ2v) is 5.63. The second kappa shape index (κ2) is 7.13. The molecule has 0 aliphatic rings. The first-order chi connectivity index (χ1) is 8.30. The lowest BCUT2D eigenvalue weighted by Gasteiger charge is -2.33. The van der Waals surface area contributed by atoms with Crippen LogP contribution in [0.25, 0.3) is 0 Å². The third-order valence-electron chi connectivity index (χ3n) is 3.53. The van der Waals surface area contributed by atoms with Gasteiger partial charge in [-0.3, -0.25) is 4.79 Å². The van der Waals surface area contributed by atoms with Crippen LogP contribution in [-0.4, -0.2) is 18.0 Å². The van der Waals surface area contributed by atoms with Crippen molar-refractivity contribution < 1.29 is 4.79 Å². The minimum Gasteiger partial charge on any atom is -0.345 e.